The molecular weight excluding hydrogens is 421 g/mol. The second kappa shape index (κ2) is 9.71. The molecule has 1 N–H and O–H groups in total. The zero-order valence-corrected chi connectivity index (χ0v) is 17.5. The van der Waals surface area contributed by atoms with Crippen molar-refractivity contribution in [2.45, 2.75) is 26.1 Å². The monoisotopic (exact) mass is 443 g/mol. The number of hydrogen-bond donors (Lipinski definition) is 1. The van der Waals surface area contributed by atoms with Crippen LogP contribution in [-0.4, -0.2) is 7.11 Å². The van der Waals surface area contributed by atoms with Crippen molar-refractivity contribution in [1.82, 2.24) is 5.32 Å². The molecule has 1 atom stereocenters. The van der Waals surface area contributed by atoms with E-state index in [0.717, 1.165) is 10.0 Å². The van der Waals surface area contributed by atoms with E-state index in [1.165, 1.54) is 11.6 Å². The van der Waals surface area contributed by atoms with Gasteiger partial charge in [0.05, 0.1) is 7.11 Å². The van der Waals surface area contributed by atoms with Crippen LogP contribution in [0.1, 0.15) is 29.7 Å². The van der Waals surface area contributed by atoms with Crippen molar-refractivity contribution in [3.8, 4) is 11.5 Å². The average molecular weight is 444 g/mol. The third-order valence-corrected chi connectivity index (χ3v) is 5.31. The largest absolute Gasteiger partial charge is 0.493 e. The predicted molar refractivity (Wildman–Crippen MR) is 113 cm³/mol. The highest BCUT2D eigenvalue weighted by molar-refractivity contribution is 9.10. The van der Waals surface area contributed by atoms with Crippen molar-refractivity contribution in [2.24, 2.45) is 0 Å². The number of ether oxygens (including phenoxy) is 2. The van der Waals surface area contributed by atoms with Gasteiger partial charge in [-0.3, -0.25) is 0 Å². The summed E-state index contributed by atoms with van der Waals surface area (Å²) in [5.41, 5.74) is 2.79. The molecule has 1 unspecified atom stereocenters. The highest BCUT2D eigenvalue weighted by Gasteiger charge is 2.13. The molecule has 0 saturated heterocycles. The fourth-order valence-corrected chi connectivity index (χ4v) is 3.34. The van der Waals surface area contributed by atoms with Crippen LogP contribution < -0.4 is 14.8 Å². The minimum atomic E-state index is -0.281. The maximum Gasteiger partial charge on any atom is 0.162 e. The molecule has 0 heterocycles. The first-order valence-corrected chi connectivity index (χ1v) is 9.88. The van der Waals surface area contributed by atoms with Crippen LogP contribution in [-0.2, 0) is 13.2 Å². The van der Waals surface area contributed by atoms with Crippen LogP contribution in [0.4, 0.5) is 4.39 Å². The molecule has 0 saturated carbocycles. The minimum Gasteiger partial charge on any atom is -0.493 e. The van der Waals surface area contributed by atoms with Crippen molar-refractivity contribution in [3.05, 3.63) is 93.7 Å². The third kappa shape index (κ3) is 5.12. The van der Waals surface area contributed by atoms with Crippen molar-refractivity contribution < 1.29 is 13.9 Å². The molecule has 3 rings (SSSR count). The molecule has 5 heteroatoms. The fraction of sp³-hybridized carbons (Fsp3) is 0.217. The zero-order chi connectivity index (χ0) is 19.9. The van der Waals surface area contributed by atoms with Crippen LogP contribution in [0.3, 0.4) is 0 Å². The molecule has 0 aliphatic carbocycles. The molecule has 0 bridgehead atoms. The maximum absolute atomic E-state index is 13.8. The second-order valence-corrected chi connectivity index (χ2v) is 7.34. The minimum absolute atomic E-state index is 0.137. The van der Waals surface area contributed by atoms with Gasteiger partial charge in [0, 0.05) is 22.6 Å². The van der Waals surface area contributed by atoms with E-state index in [1.807, 2.05) is 30.3 Å². The molecule has 28 heavy (non-hydrogen) atoms. The SMILES string of the molecule is COc1cc(CNC(C)c2ccccc2)c(Br)cc1OCc1ccccc1F. The number of methoxy groups -OCH3 is 1. The number of halogens is 2. The quantitative estimate of drug-likeness (QED) is 0.461. The van der Waals surface area contributed by atoms with Crippen LogP contribution >= 0.6 is 15.9 Å². The summed E-state index contributed by atoms with van der Waals surface area (Å²) >= 11 is 3.61. The lowest BCUT2D eigenvalue weighted by molar-refractivity contribution is 0.279. The summed E-state index contributed by atoms with van der Waals surface area (Å²) in [5.74, 6) is 0.900. The van der Waals surface area contributed by atoms with Crippen LogP contribution in [0.2, 0.25) is 0 Å². The Morgan fingerprint density at radius 2 is 1.68 bits per heavy atom. The van der Waals surface area contributed by atoms with Gasteiger partial charge in [-0.15, -0.1) is 0 Å². The Bertz CT molecular complexity index is 918. The molecule has 146 valence electrons. The smallest absolute Gasteiger partial charge is 0.162 e. The predicted octanol–water partition coefficient (Wildman–Crippen LogP) is 6.03. The highest BCUT2D eigenvalue weighted by atomic mass is 79.9. The van der Waals surface area contributed by atoms with E-state index in [9.17, 15) is 4.39 Å². The van der Waals surface area contributed by atoms with Gasteiger partial charge in [-0.05, 0) is 36.2 Å². The Labute approximate surface area is 173 Å². The number of hydrogen-bond acceptors (Lipinski definition) is 3. The second-order valence-electron chi connectivity index (χ2n) is 6.49. The van der Waals surface area contributed by atoms with Gasteiger partial charge in [-0.1, -0.05) is 64.5 Å². The Morgan fingerprint density at radius 3 is 2.39 bits per heavy atom. The number of benzene rings is 3. The van der Waals surface area contributed by atoms with Crippen LogP contribution in [0.15, 0.2) is 71.2 Å². The van der Waals surface area contributed by atoms with Crippen LogP contribution in [0.5, 0.6) is 11.5 Å². The number of nitrogens with one attached hydrogen (secondary N) is 1. The van der Waals surface area contributed by atoms with E-state index in [0.29, 0.717) is 23.6 Å². The van der Waals surface area contributed by atoms with E-state index in [-0.39, 0.29) is 18.5 Å². The van der Waals surface area contributed by atoms with Crippen molar-refractivity contribution in [3.63, 3.8) is 0 Å². The summed E-state index contributed by atoms with van der Waals surface area (Å²) in [6.07, 6.45) is 0. The molecule has 3 aromatic carbocycles. The Balaban J connectivity index is 1.69. The van der Waals surface area contributed by atoms with E-state index in [4.69, 9.17) is 9.47 Å². The first-order valence-electron chi connectivity index (χ1n) is 9.09. The van der Waals surface area contributed by atoms with Gasteiger partial charge in [-0.2, -0.15) is 0 Å². The molecular formula is C23H23BrFNO2. The molecule has 0 aromatic heterocycles. The number of rotatable bonds is 8. The Hall–Kier alpha value is -2.37. The topological polar surface area (TPSA) is 30.5 Å². The first kappa shape index (κ1) is 20.4. The fourth-order valence-electron chi connectivity index (χ4n) is 2.88. The lowest BCUT2D eigenvalue weighted by Crippen LogP contribution is -2.18. The van der Waals surface area contributed by atoms with Gasteiger partial charge in [-0.25, -0.2) is 4.39 Å². The van der Waals surface area contributed by atoms with Crippen molar-refractivity contribution in [1.29, 1.82) is 0 Å². The third-order valence-electron chi connectivity index (χ3n) is 4.57. The molecule has 0 radical (unpaired) electrons. The van der Waals surface area contributed by atoms with Crippen LogP contribution in [0, 0.1) is 5.82 Å². The van der Waals surface area contributed by atoms with Gasteiger partial charge in [0.15, 0.2) is 11.5 Å². The summed E-state index contributed by atoms with van der Waals surface area (Å²) in [4.78, 5) is 0. The average Bonchev–Trinajstić information content (AvgIpc) is 2.72. The molecule has 0 fully saturated rings. The van der Waals surface area contributed by atoms with Crippen molar-refractivity contribution in [2.75, 3.05) is 7.11 Å². The van der Waals surface area contributed by atoms with Crippen molar-refractivity contribution >= 4 is 15.9 Å². The molecule has 0 spiro atoms. The normalized spacial score (nSPS) is 11.9. The van der Waals surface area contributed by atoms with Crippen LogP contribution in [0.25, 0.3) is 0 Å². The standard InChI is InChI=1S/C23H23BrFNO2/c1-16(17-8-4-3-5-9-17)26-14-19-12-22(27-2)23(13-20(19)24)28-15-18-10-6-7-11-21(18)25/h3-13,16,26H,14-15H2,1-2H3. The molecule has 0 aliphatic heterocycles. The van der Waals surface area contributed by atoms with Gasteiger partial charge in [0.1, 0.15) is 12.4 Å². The van der Waals surface area contributed by atoms with E-state index >= 15 is 0 Å². The zero-order valence-electron chi connectivity index (χ0n) is 15.9. The molecule has 0 amide bonds. The van der Waals surface area contributed by atoms with E-state index in [2.05, 4.69) is 40.3 Å². The maximum atomic E-state index is 13.8. The first-order chi connectivity index (χ1) is 13.6. The molecule has 0 aliphatic rings. The molecule has 3 nitrogen and oxygen atoms in total. The highest BCUT2D eigenvalue weighted by Crippen LogP contribution is 2.34. The summed E-state index contributed by atoms with van der Waals surface area (Å²) < 4.78 is 26.0. The summed E-state index contributed by atoms with van der Waals surface area (Å²) in [7, 11) is 1.60. The van der Waals surface area contributed by atoms with E-state index < -0.39 is 0 Å². The van der Waals surface area contributed by atoms with Gasteiger partial charge >= 0.3 is 0 Å². The summed E-state index contributed by atoms with van der Waals surface area (Å²) in [5, 5.41) is 3.52. The Kier molecular flexibility index (Phi) is 7.06. The van der Waals surface area contributed by atoms with E-state index in [1.54, 1.807) is 25.3 Å². The lowest BCUT2D eigenvalue weighted by Gasteiger charge is -2.17. The van der Waals surface area contributed by atoms with Gasteiger partial charge < -0.3 is 14.8 Å². The summed E-state index contributed by atoms with van der Waals surface area (Å²) in [6.45, 7) is 2.94. The van der Waals surface area contributed by atoms with Gasteiger partial charge in [0.25, 0.3) is 0 Å². The lowest BCUT2D eigenvalue weighted by atomic mass is 10.1. The Morgan fingerprint density at radius 1 is 0.964 bits per heavy atom. The molecule has 3 aromatic rings. The summed E-state index contributed by atoms with van der Waals surface area (Å²) in [6, 6.07) is 20.9. The van der Waals surface area contributed by atoms with Gasteiger partial charge in [0.2, 0.25) is 0 Å².